The summed E-state index contributed by atoms with van der Waals surface area (Å²) in [6.45, 7) is 0.639. The molecule has 4 N–H and O–H groups in total. The lowest BCUT2D eigenvalue weighted by atomic mass is 10.1. The van der Waals surface area contributed by atoms with Gasteiger partial charge in [-0.25, -0.2) is 0 Å². The summed E-state index contributed by atoms with van der Waals surface area (Å²) in [5, 5.41) is 33.1. The highest BCUT2D eigenvalue weighted by Crippen LogP contribution is 2.03. The average molecular weight is 292 g/mol. The minimum absolute atomic E-state index is 0.0628. The quantitative estimate of drug-likeness (QED) is 0.409. The molecule has 0 heterocycles. The predicted octanol–water partition coefficient (Wildman–Crippen LogP) is 2.03. The molecular weight excluding hydrogens is 264 g/mol. The summed E-state index contributed by atoms with van der Waals surface area (Å²) in [6.07, 6.45) is 7.52. The van der Waals surface area contributed by atoms with Crippen molar-refractivity contribution in [3.05, 3.63) is 0 Å². The molecule has 0 saturated carbocycles. The minimum Gasteiger partial charge on any atom is -0.481 e. The molecule has 0 fully saturated rings. The molecule has 0 aromatic carbocycles. The van der Waals surface area contributed by atoms with E-state index in [0.29, 0.717) is 26.1 Å². The predicted molar refractivity (Wildman–Crippen MR) is 75.6 cm³/mol. The Labute approximate surface area is 120 Å². The van der Waals surface area contributed by atoms with Gasteiger partial charge in [-0.05, 0) is 25.7 Å². The van der Waals surface area contributed by atoms with E-state index in [-0.39, 0.29) is 12.8 Å². The third-order valence-corrected chi connectivity index (χ3v) is 2.60. The molecule has 0 aliphatic carbocycles. The Morgan fingerprint density at radius 2 is 0.850 bits per heavy atom. The first-order chi connectivity index (χ1) is 9.54. The SMILES string of the molecule is O=C(O)CCCCC(=O)O.OCCCCCCCCO. The van der Waals surface area contributed by atoms with Crippen LogP contribution in [0.5, 0.6) is 0 Å². The van der Waals surface area contributed by atoms with E-state index in [1.165, 1.54) is 12.8 Å². The molecule has 0 aromatic rings. The third kappa shape index (κ3) is 25.6. The second kappa shape index (κ2) is 17.9. The largest absolute Gasteiger partial charge is 0.481 e. The monoisotopic (exact) mass is 292 g/mol. The van der Waals surface area contributed by atoms with Crippen molar-refractivity contribution in [1.29, 1.82) is 0 Å². The van der Waals surface area contributed by atoms with Crippen LogP contribution in [0, 0.1) is 0 Å². The molecule has 0 rings (SSSR count). The van der Waals surface area contributed by atoms with Crippen LogP contribution in [0.15, 0.2) is 0 Å². The van der Waals surface area contributed by atoms with Crippen molar-refractivity contribution in [2.75, 3.05) is 13.2 Å². The zero-order valence-electron chi connectivity index (χ0n) is 12.1. The van der Waals surface area contributed by atoms with Gasteiger partial charge in [0.15, 0.2) is 0 Å². The van der Waals surface area contributed by atoms with Crippen LogP contribution in [0.2, 0.25) is 0 Å². The Bertz CT molecular complexity index is 206. The van der Waals surface area contributed by atoms with Crippen LogP contribution in [0.1, 0.15) is 64.2 Å². The summed E-state index contributed by atoms with van der Waals surface area (Å²) in [4.78, 5) is 19.8. The first-order valence-electron chi connectivity index (χ1n) is 7.20. The maximum Gasteiger partial charge on any atom is 0.303 e. The number of carboxylic acid groups (broad SMARTS) is 2. The van der Waals surface area contributed by atoms with Crippen molar-refractivity contribution in [1.82, 2.24) is 0 Å². The molecule has 0 radical (unpaired) electrons. The van der Waals surface area contributed by atoms with Crippen LogP contribution < -0.4 is 0 Å². The van der Waals surface area contributed by atoms with E-state index in [2.05, 4.69) is 0 Å². The van der Waals surface area contributed by atoms with E-state index < -0.39 is 11.9 Å². The van der Waals surface area contributed by atoms with Gasteiger partial charge in [0.05, 0.1) is 0 Å². The lowest BCUT2D eigenvalue weighted by molar-refractivity contribution is -0.139. The summed E-state index contributed by atoms with van der Waals surface area (Å²) < 4.78 is 0. The van der Waals surface area contributed by atoms with Crippen molar-refractivity contribution in [3.8, 4) is 0 Å². The molecule has 6 heteroatoms. The number of hydrogen-bond donors (Lipinski definition) is 4. The second-order valence-corrected chi connectivity index (χ2v) is 4.56. The van der Waals surface area contributed by atoms with Gasteiger partial charge in [-0.3, -0.25) is 9.59 Å². The highest BCUT2D eigenvalue weighted by molar-refractivity contribution is 5.67. The molecule has 0 aliphatic rings. The Hall–Kier alpha value is -1.14. The van der Waals surface area contributed by atoms with Crippen molar-refractivity contribution in [2.45, 2.75) is 64.2 Å². The van der Waals surface area contributed by atoms with Crippen LogP contribution in [0.4, 0.5) is 0 Å². The van der Waals surface area contributed by atoms with Gasteiger partial charge in [-0.1, -0.05) is 25.7 Å². The molecule has 0 spiro atoms. The maximum atomic E-state index is 9.90. The number of hydrogen-bond acceptors (Lipinski definition) is 4. The Morgan fingerprint density at radius 3 is 1.10 bits per heavy atom. The molecule has 20 heavy (non-hydrogen) atoms. The van der Waals surface area contributed by atoms with E-state index >= 15 is 0 Å². The summed E-state index contributed by atoms with van der Waals surface area (Å²) in [5.41, 5.74) is 0. The van der Waals surface area contributed by atoms with Gasteiger partial charge in [0.25, 0.3) is 0 Å². The van der Waals surface area contributed by atoms with E-state index in [9.17, 15) is 9.59 Å². The van der Waals surface area contributed by atoms with E-state index in [0.717, 1.165) is 25.7 Å². The summed E-state index contributed by atoms with van der Waals surface area (Å²) >= 11 is 0. The topological polar surface area (TPSA) is 115 Å². The van der Waals surface area contributed by atoms with Crippen LogP contribution in [0.25, 0.3) is 0 Å². The molecule has 120 valence electrons. The lowest BCUT2D eigenvalue weighted by Gasteiger charge is -1.97. The van der Waals surface area contributed by atoms with Crippen molar-refractivity contribution in [3.63, 3.8) is 0 Å². The first kappa shape index (κ1) is 21.2. The van der Waals surface area contributed by atoms with Gasteiger partial charge in [0.2, 0.25) is 0 Å². The Balaban J connectivity index is 0. The van der Waals surface area contributed by atoms with Gasteiger partial charge in [-0.15, -0.1) is 0 Å². The molecular formula is C14H28O6. The fraction of sp³-hybridized carbons (Fsp3) is 0.857. The summed E-state index contributed by atoms with van der Waals surface area (Å²) in [6, 6.07) is 0. The molecule has 0 aliphatic heterocycles. The highest BCUT2D eigenvalue weighted by Gasteiger charge is 1.99. The van der Waals surface area contributed by atoms with E-state index in [4.69, 9.17) is 20.4 Å². The van der Waals surface area contributed by atoms with E-state index in [1.54, 1.807) is 0 Å². The number of unbranched alkanes of at least 4 members (excludes halogenated alkanes) is 6. The third-order valence-electron chi connectivity index (χ3n) is 2.60. The molecule has 0 aromatic heterocycles. The first-order valence-corrected chi connectivity index (χ1v) is 7.20. The second-order valence-electron chi connectivity index (χ2n) is 4.56. The zero-order chi connectivity index (χ0) is 15.6. The number of aliphatic hydroxyl groups is 2. The van der Waals surface area contributed by atoms with Gasteiger partial charge < -0.3 is 20.4 Å². The normalized spacial score (nSPS) is 9.70. The fourth-order valence-corrected chi connectivity index (χ4v) is 1.48. The van der Waals surface area contributed by atoms with E-state index in [1.807, 2.05) is 0 Å². The number of aliphatic carboxylic acids is 2. The van der Waals surface area contributed by atoms with Crippen molar-refractivity contribution >= 4 is 11.9 Å². The summed E-state index contributed by atoms with van der Waals surface area (Å²) in [5.74, 6) is -1.74. The standard InChI is InChI=1S/C8H18O2.C6H10O4/c9-7-5-3-1-2-4-6-8-10;7-5(8)3-1-2-4-6(9)10/h9-10H,1-8H2;1-4H2,(H,7,8)(H,9,10). The molecule has 0 atom stereocenters. The van der Waals surface area contributed by atoms with Crippen LogP contribution >= 0.6 is 0 Å². The maximum absolute atomic E-state index is 9.90. The average Bonchev–Trinajstić information content (AvgIpc) is 2.39. The van der Waals surface area contributed by atoms with Crippen molar-refractivity contribution in [2.24, 2.45) is 0 Å². The molecule has 0 saturated heterocycles. The van der Waals surface area contributed by atoms with Crippen LogP contribution in [0.3, 0.4) is 0 Å². The number of rotatable bonds is 12. The minimum atomic E-state index is -0.870. The Kier molecular flexibility index (Phi) is 18.9. The highest BCUT2D eigenvalue weighted by atomic mass is 16.4. The van der Waals surface area contributed by atoms with Crippen molar-refractivity contribution < 1.29 is 30.0 Å². The number of aliphatic hydroxyl groups excluding tert-OH is 2. The van der Waals surface area contributed by atoms with Gasteiger partial charge >= 0.3 is 11.9 Å². The molecule has 0 unspecified atom stereocenters. The zero-order valence-corrected chi connectivity index (χ0v) is 12.1. The Morgan fingerprint density at radius 1 is 0.550 bits per heavy atom. The number of carboxylic acids is 2. The van der Waals surface area contributed by atoms with Gasteiger partial charge in [0.1, 0.15) is 0 Å². The molecule has 0 amide bonds. The number of carbonyl (C=O) groups is 2. The van der Waals surface area contributed by atoms with Crippen LogP contribution in [-0.2, 0) is 9.59 Å². The fourth-order valence-electron chi connectivity index (χ4n) is 1.48. The molecule has 6 nitrogen and oxygen atoms in total. The smallest absolute Gasteiger partial charge is 0.303 e. The summed E-state index contributed by atoms with van der Waals surface area (Å²) in [7, 11) is 0. The van der Waals surface area contributed by atoms with Crippen LogP contribution in [-0.4, -0.2) is 45.6 Å². The lowest BCUT2D eigenvalue weighted by Crippen LogP contribution is -1.97. The van der Waals surface area contributed by atoms with Gasteiger partial charge in [0, 0.05) is 26.1 Å². The van der Waals surface area contributed by atoms with Gasteiger partial charge in [-0.2, -0.15) is 0 Å². The molecule has 0 bridgehead atoms.